The van der Waals surface area contributed by atoms with Gasteiger partial charge in [0.25, 0.3) is 0 Å². The summed E-state index contributed by atoms with van der Waals surface area (Å²) in [4.78, 5) is 4.09. The van der Waals surface area contributed by atoms with Crippen LogP contribution in [0.3, 0.4) is 0 Å². The number of oxazole rings is 1. The Morgan fingerprint density at radius 2 is 1.95 bits per heavy atom. The standard InChI is InChI=1S/C13H12N4O2/c1-8-14-7-11(19-8)13-12(15-16-17(13)2)9-3-5-10(18)6-4-9/h3-7,18H,1-2H3. The number of benzene rings is 1. The SMILES string of the molecule is Cc1ncc(-c2c(-c3ccc(O)cc3)nnn2C)o1. The highest BCUT2D eigenvalue weighted by molar-refractivity contribution is 5.75. The van der Waals surface area contributed by atoms with Crippen LogP contribution in [0, 0.1) is 6.92 Å². The van der Waals surface area contributed by atoms with Gasteiger partial charge in [0.1, 0.15) is 17.1 Å². The van der Waals surface area contributed by atoms with Crippen LogP contribution in [0.5, 0.6) is 5.75 Å². The third-order valence-corrected chi connectivity index (χ3v) is 2.82. The first-order valence-corrected chi connectivity index (χ1v) is 5.77. The molecule has 2 heterocycles. The van der Waals surface area contributed by atoms with Crippen LogP contribution in [-0.2, 0) is 7.05 Å². The van der Waals surface area contributed by atoms with Gasteiger partial charge in [0.05, 0.1) is 6.20 Å². The van der Waals surface area contributed by atoms with Crippen LogP contribution >= 0.6 is 0 Å². The fourth-order valence-corrected chi connectivity index (χ4v) is 1.92. The highest BCUT2D eigenvalue weighted by atomic mass is 16.4. The predicted octanol–water partition coefficient (Wildman–Crippen LogP) is 2.15. The van der Waals surface area contributed by atoms with Gasteiger partial charge in [0, 0.05) is 19.5 Å². The van der Waals surface area contributed by atoms with Crippen molar-refractivity contribution in [1.82, 2.24) is 20.0 Å². The van der Waals surface area contributed by atoms with Gasteiger partial charge in [0.2, 0.25) is 0 Å². The highest BCUT2D eigenvalue weighted by Gasteiger charge is 2.18. The maximum absolute atomic E-state index is 9.33. The van der Waals surface area contributed by atoms with Crippen molar-refractivity contribution in [2.45, 2.75) is 6.92 Å². The van der Waals surface area contributed by atoms with Gasteiger partial charge in [-0.05, 0) is 24.3 Å². The zero-order valence-corrected chi connectivity index (χ0v) is 10.5. The Hall–Kier alpha value is -2.63. The molecule has 2 aromatic heterocycles. The summed E-state index contributed by atoms with van der Waals surface area (Å²) in [5, 5.41) is 17.5. The van der Waals surface area contributed by atoms with E-state index in [0.717, 1.165) is 11.3 Å². The number of aromatic hydroxyl groups is 1. The van der Waals surface area contributed by atoms with E-state index in [-0.39, 0.29) is 5.75 Å². The first-order chi connectivity index (χ1) is 9.15. The van der Waals surface area contributed by atoms with Crippen molar-refractivity contribution in [1.29, 1.82) is 0 Å². The molecule has 0 unspecified atom stereocenters. The average Bonchev–Trinajstić information content (AvgIpc) is 2.96. The first kappa shape index (κ1) is 11.5. The Morgan fingerprint density at radius 3 is 2.58 bits per heavy atom. The van der Waals surface area contributed by atoms with E-state index >= 15 is 0 Å². The summed E-state index contributed by atoms with van der Waals surface area (Å²) < 4.78 is 7.17. The summed E-state index contributed by atoms with van der Waals surface area (Å²) >= 11 is 0. The number of rotatable bonds is 2. The van der Waals surface area contributed by atoms with Crippen LogP contribution in [-0.4, -0.2) is 25.1 Å². The van der Waals surface area contributed by atoms with Crippen LogP contribution in [0.25, 0.3) is 22.7 Å². The van der Waals surface area contributed by atoms with Crippen LogP contribution < -0.4 is 0 Å². The molecular formula is C13H12N4O2. The maximum atomic E-state index is 9.33. The molecule has 0 aliphatic heterocycles. The van der Waals surface area contributed by atoms with E-state index in [4.69, 9.17) is 4.42 Å². The molecule has 0 atom stereocenters. The number of hydrogen-bond donors (Lipinski definition) is 1. The van der Waals surface area contributed by atoms with Crippen LogP contribution in [0.15, 0.2) is 34.9 Å². The van der Waals surface area contributed by atoms with Crippen molar-refractivity contribution in [3.05, 3.63) is 36.4 Å². The minimum atomic E-state index is 0.213. The molecule has 0 spiro atoms. The van der Waals surface area contributed by atoms with Gasteiger partial charge < -0.3 is 9.52 Å². The molecule has 0 bridgehead atoms. The summed E-state index contributed by atoms with van der Waals surface area (Å²) in [6, 6.07) is 6.79. The topological polar surface area (TPSA) is 77.0 Å². The molecule has 6 heteroatoms. The minimum absolute atomic E-state index is 0.213. The van der Waals surface area contributed by atoms with E-state index in [1.54, 1.807) is 49.1 Å². The van der Waals surface area contributed by atoms with E-state index < -0.39 is 0 Å². The molecule has 3 aromatic rings. The van der Waals surface area contributed by atoms with Crippen LogP contribution in [0.2, 0.25) is 0 Å². The lowest BCUT2D eigenvalue weighted by Gasteiger charge is -2.01. The van der Waals surface area contributed by atoms with Gasteiger partial charge in [0.15, 0.2) is 11.7 Å². The lowest BCUT2D eigenvalue weighted by molar-refractivity contribution is 0.475. The molecule has 0 saturated carbocycles. The molecule has 1 N–H and O–H groups in total. The molecule has 3 rings (SSSR count). The average molecular weight is 256 g/mol. The molecular weight excluding hydrogens is 244 g/mol. The van der Waals surface area contributed by atoms with Crippen molar-refractivity contribution >= 4 is 0 Å². The molecule has 0 saturated heterocycles. The van der Waals surface area contributed by atoms with Gasteiger partial charge >= 0.3 is 0 Å². The molecule has 0 amide bonds. The van der Waals surface area contributed by atoms with Gasteiger partial charge in [-0.1, -0.05) is 5.21 Å². The second-order valence-corrected chi connectivity index (χ2v) is 4.20. The fraction of sp³-hybridized carbons (Fsp3) is 0.154. The number of nitrogens with zero attached hydrogens (tertiary/aromatic N) is 4. The number of hydrogen-bond acceptors (Lipinski definition) is 5. The molecule has 0 fully saturated rings. The first-order valence-electron chi connectivity index (χ1n) is 5.77. The van der Waals surface area contributed by atoms with Crippen molar-refractivity contribution in [2.75, 3.05) is 0 Å². The third-order valence-electron chi connectivity index (χ3n) is 2.82. The Labute approximate surface area is 109 Å². The van der Waals surface area contributed by atoms with Crippen LogP contribution in [0.4, 0.5) is 0 Å². The highest BCUT2D eigenvalue weighted by Crippen LogP contribution is 2.30. The number of phenols is 1. The van der Waals surface area contributed by atoms with E-state index in [1.165, 1.54) is 0 Å². The number of aryl methyl sites for hydroxylation is 2. The fourth-order valence-electron chi connectivity index (χ4n) is 1.92. The van der Waals surface area contributed by atoms with Crippen molar-refractivity contribution in [2.24, 2.45) is 7.05 Å². The van der Waals surface area contributed by atoms with Crippen molar-refractivity contribution < 1.29 is 9.52 Å². The molecule has 96 valence electrons. The van der Waals surface area contributed by atoms with Crippen LogP contribution in [0.1, 0.15) is 5.89 Å². The molecule has 0 radical (unpaired) electrons. The van der Waals surface area contributed by atoms with E-state index in [2.05, 4.69) is 15.3 Å². The molecule has 6 nitrogen and oxygen atoms in total. The largest absolute Gasteiger partial charge is 0.508 e. The predicted molar refractivity (Wildman–Crippen MR) is 68.3 cm³/mol. The smallest absolute Gasteiger partial charge is 0.191 e. The lowest BCUT2D eigenvalue weighted by Crippen LogP contribution is -1.93. The second-order valence-electron chi connectivity index (χ2n) is 4.20. The normalized spacial score (nSPS) is 10.8. The summed E-state index contributed by atoms with van der Waals surface area (Å²) in [6.45, 7) is 1.79. The van der Waals surface area contributed by atoms with Crippen molar-refractivity contribution in [3.8, 4) is 28.5 Å². The van der Waals surface area contributed by atoms with E-state index in [9.17, 15) is 5.11 Å². The van der Waals surface area contributed by atoms with Gasteiger partial charge in [-0.2, -0.15) is 0 Å². The number of phenolic OH excluding ortho intramolecular Hbond substituents is 1. The monoisotopic (exact) mass is 256 g/mol. The summed E-state index contributed by atoms with van der Waals surface area (Å²) in [7, 11) is 1.80. The molecule has 19 heavy (non-hydrogen) atoms. The summed E-state index contributed by atoms with van der Waals surface area (Å²) in [6.07, 6.45) is 1.65. The Balaban J connectivity index is 2.15. The second kappa shape index (κ2) is 4.24. The summed E-state index contributed by atoms with van der Waals surface area (Å²) in [5.74, 6) is 1.42. The van der Waals surface area contributed by atoms with E-state index in [0.29, 0.717) is 17.3 Å². The summed E-state index contributed by atoms with van der Waals surface area (Å²) in [5.41, 5.74) is 2.31. The molecule has 0 aliphatic carbocycles. The molecule has 0 aliphatic rings. The molecule has 1 aromatic carbocycles. The number of aromatic nitrogens is 4. The lowest BCUT2D eigenvalue weighted by atomic mass is 10.1. The maximum Gasteiger partial charge on any atom is 0.191 e. The Bertz CT molecular complexity index is 713. The zero-order chi connectivity index (χ0) is 13.4. The Morgan fingerprint density at radius 1 is 1.21 bits per heavy atom. The third kappa shape index (κ3) is 1.97. The quantitative estimate of drug-likeness (QED) is 0.760. The van der Waals surface area contributed by atoms with Gasteiger partial charge in [-0.15, -0.1) is 5.10 Å². The van der Waals surface area contributed by atoms with Gasteiger partial charge in [-0.3, -0.25) is 0 Å². The minimum Gasteiger partial charge on any atom is -0.508 e. The zero-order valence-electron chi connectivity index (χ0n) is 10.5. The van der Waals surface area contributed by atoms with Crippen molar-refractivity contribution in [3.63, 3.8) is 0 Å². The Kier molecular flexibility index (Phi) is 2.56. The van der Waals surface area contributed by atoms with E-state index in [1.807, 2.05) is 0 Å². The van der Waals surface area contributed by atoms with Gasteiger partial charge in [-0.25, -0.2) is 9.67 Å².